The zero-order valence-corrected chi connectivity index (χ0v) is 11.1. The lowest BCUT2D eigenvalue weighted by atomic mass is 9.71. The van der Waals surface area contributed by atoms with Crippen molar-refractivity contribution in [3.63, 3.8) is 0 Å². The predicted molar refractivity (Wildman–Crippen MR) is 71.2 cm³/mol. The van der Waals surface area contributed by atoms with E-state index >= 15 is 0 Å². The first-order valence-electron chi connectivity index (χ1n) is 6.93. The van der Waals surface area contributed by atoms with Gasteiger partial charge in [-0.2, -0.15) is 0 Å². The van der Waals surface area contributed by atoms with Crippen LogP contribution in [0.1, 0.15) is 25.7 Å². The number of ether oxygens (including phenoxy) is 1. The molecule has 1 saturated carbocycles. The fourth-order valence-corrected chi connectivity index (χ4v) is 3.09. The van der Waals surface area contributed by atoms with E-state index in [-0.39, 0.29) is 5.92 Å². The van der Waals surface area contributed by atoms with Crippen LogP contribution in [0.5, 0.6) is 0 Å². The highest BCUT2D eigenvalue weighted by molar-refractivity contribution is 5.95. The number of halogens is 2. The second kappa shape index (κ2) is 5.22. The van der Waals surface area contributed by atoms with Gasteiger partial charge < -0.3 is 9.84 Å². The van der Waals surface area contributed by atoms with Crippen LogP contribution in [0.15, 0.2) is 23.2 Å². The third-order valence-electron chi connectivity index (χ3n) is 4.26. The fourth-order valence-electron chi connectivity index (χ4n) is 3.09. The van der Waals surface area contributed by atoms with Crippen LogP contribution in [-0.4, -0.2) is 29.6 Å². The van der Waals surface area contributed by atoms with Crippen molar-refractivity contribution < 1.29 is 18.6 Å². The summed E-state index contributed by atoms with van der Waals surface area (Å²) in [6.45, 7) is 1.04. The minimum Gasteiger partial charge on any atom is -0.383 e. The van der Waals surface area contributed by atoms with Crippen LogP contribution in [0.25, 0.3) is 0 Å². The van der Waals surface area contributed by atoms with Crippen molar-refractivity contribution in [2.24, 2.45) is 10.9 Å². The number of fused-ring (bicyclic) bond motifs is 1. The van der Waals surface area contributed by atoms with E-state index in [1.54, 1.807) is 0 Å². The summed E-state index contributed by atoms with van der Waals surface area (Å²) in [4.78, 5) is 4.38. The van der Waals surface area contributed by atoms with E-state index in [4.69, 9.17) is 4.74 Å². The topological polar surface area (TPSA) is 41.8 Å². The molecule has 2 aliphatic rings. The minimum absolute atomic E-state index is 0.0500. The van der Waals surface area contributed by atoms with Gasteiger partial charge in [-0.15, -0.1) is 0 Å². The second-order valence-corrected chi connectivity index (χ2v) is 5.50. The third kappa shape index (κ3) is 2.36. The van der Waals surface area contributed by atoms with Gasteiger partial charge in [0.25, 0.3) is 0 Å². The molecule has 2 fully saturated rings. The Morgan fingerprint density at radius 1 is 1.30 bits per heavy atom. The molecular formula is C15H17F2NO2. The molecule has 1 unspecified atom stereocenters. The van der Waals surface area contributed by atoms with Crippen molar-refractivity contribution in [3.05, 3.63) is 29.8 Å². The van der Waals surface area contributed by atoms with E-state index in [1.165, 1.54) is 6.07 Å². The van der Waals surface area contributed by atoms with E-state index in [0.29, 0.717) is 37.5 Å². The molecule has 1 N–H and O–H groups in total. The van der Waals surface area contributed by atoms with Crippen LogP contribution in [0.4, 0.5) is 14.5 Å². The molecule has 1 aromatic carbocycles. The molecule has 108 valence electrons. The Morgan fingerprint density at radius 3 is 2.95 bits per heavy atom. The number of benzene rings is 1. The Bertz CT molecular complexity index is 545. The van der Waals surface area contributed by atoms with Gasteiger partial charge in [0, 0.05) is 25.0 Å². The SMILES string of the molecule is O[C@]12CCOCC1CCCC2=Nc1ccc(F)c(F)c1. The first-order chi connectivity index (χ1) is 9.59. The first kappa shape index (κ1) is 13.6. The summed E-state index contributed by atoms with van der Waals surface area (Å²) in [5.74, 6) is -1.76. The molecule has 0 radical (unpaired) electrons. The first-order valence-corrected chi connectivity index (χ1v) is 6.93. The number of aliphatic hydroxyl groups is 1. The summed E-state index contributed by atoms with van der Waals surface area (Å²) in [7, 11) is 0. The Morgan fingerprint density at radius 2 is 2.15 bits per heavy atom. The molecule has 5 heteroatoms. The van der Waals surface area contributed by atoms with E-state index < -0.39 is 17.2 Å². The highest BCUT2D eigenvalue weighted by atomic mass is 19.2. The maximum absolute atomic E-state index is 13.2. The summed E-state index contributed by atoms with van der Waals surface area (Å²) >= 11 is 0. The Labute approximate surface area is 116 Å². The van der Waals surface area contributed by atoms with Gasteiger partial charge in [-0.25, -0.2) is 8.78 Å². The maximum Gasteiger partial charge on any atom is 0.160 e. The van der Waals surface area contributed by atoms with Crippen molar-refractivity contribution in [1.29, 1.82) is 0 Å². The molecule has 3 nitrogen and oxygen atoms in total. The summed E-state index contributed by atoms with van der Waals surface area (Å²) in [5, 5.41) is 10.9. The molecule has 2 atom stereocenters. The lowest BCUT2D eigenvalue weighted by Crippen LogP contribution is -2.53. The number of rotatable bonds is 1. The van der Waals surface area contributed by atoms with Crippen LogP contribution in [0, 0.1) is 17.6 Å². The molecule has 3 rings (SSSR count). The van der Waals surface area contributed by atoms with Gasteiger partial charge in [0.05, 0.1) is 18.0 Å². The van der Waals surface area contributed by atoms with Crippen molar-refractivity contribution in [2.75, 3.05) is 13.2 Å². The van der Waals surface area contributed by atoms with Crippen LogP contribution >= 0.6 is 0 Å². The van der Waals surface area contributed by atoms with Gasteiger partial charge in [-0.1, -0.05) is 0 Å². The minimum atomic E-state index is -0.957. The number of nitrogens with zero attached hydrogens (tertiary/aromatic N) is 1. The molecule has 1 aromatic rings. The number of hydrogen-bond acceptors (Lipinski definition) is 3. The number of aliphatic imine (C=N–C) groups is 1. The van der Waals surface area contributed by atoms with Gasteiger partial charge in [0.1, 0.15) is 5.60 Å². The smallest absolute Gasteiger partial charge is 0.160 e. The average molecular weight is 281 g/mol. The predicted octanol–water partition coefficient (Wildman–Crippen LogP) is 2.99. The highest BCUT2D eigenvalue weighted by Crippen LogP contribution is 2.38. The molecule has 20 heavy (non-hydrogen) atoms. The zero-order valence-electron chi connectivity index (χ0n) is 11.1. The van der Waals surface area contributed by atoms with E-state index in [9.17, 15) is 13.9 Å². The van der Waals surface area contributed by atoms with Crippen LogP contribution in [-0.2, 0) is 4.74 Å². The highest BCUT2D eigenvalue weighted by Gasteiger charge is 2.45. The van der Waals surface area contributed by atoms with Crippen LogP contribution in [0.3, 0.4) is 0 Å². The van der Waals surface area contributed by atoms with Gasteiger partial charge >= 0.3 is 0 Å². The normalized spacial score (nSPS) is 32.1. The van der Waals surface area contributed by atoms with E-state index in [2.05, 4.69) is 4.99 Å². The average Bonchev–Trinajstić information content (AvgIpc) is 2.43. The quantitative estimate of drug-likeness (QED) is 0.859. The van der Waals surface area contributed by atoms with Crippen molar-refractivity contribution in [3.8, 4) is 0 Å². The summed E-state index contributed by atoms with van der Waals surface area (Å²) in [6.07, 6.45) is 3.04. The lowest BCUT2D eigenvalue weighted by Gasteiger charge is -2.44. The molecule has 1 saturated heterocycles. The Hall–Kier alpha value is -1.33. The largest absolute Gasteiger partial charge is 0.383 e. The molecule has 0 bridgehead atoms. The summed E-state index contributed by atoms with van der Waals surface area (Å²) < 4.78 is 31.6. The Kier molecular flexibility index (Phi) is 3.56. The number of hydrogen-bond donors (Lipinski definition) is 1. The van der Waals surface area contributed by atoms with Crippen LogP contribution in [0.2, 0.25) is 0 Å². The second-order valence-electron chi connectivity index (χ2n) is 5.50. The molecule has 1 aliphatic heterocycles. The lowest BCUT2D eigenvalue weighted by molar-refractivity contribution is -0.0796. The zero-order chi connectivity index (χ0) is 14.2. The van der Waals surface area contributed by atoms with Crippen LogP contribution < -0.4 is 0 Å². The molecular weight excluding hydrogens is 264 g/mol. The molecule has 1 heterocycles. The monoisotopic (exact) mass is 281 g/mol. The van der Waals surface area contributed by atoms with Crippen molar-refractivity contribution >= 4 is 11.4 Å². The molecule has 0 amide bonds. The van der Waals surface area contributed by atoms with E-state index in [0.717, 1.165) is 25.0 Å². The van der Waals surface area contributed by atoms with Gasteiger partial charge in [0.2, 0.25) is 0 Å². The summed E-state index contributed by atoms with van der Waals surface area (Å²) in [6, 6.07) is 3.55. The summed E-state index contributed by atoms with van der Waals surface area (Å²) in [5.41, 5.74) is 0.0592. The van der Waals surface area contributed by atoms with E-state index in [1.807, 2.05) is 0 Å². The Balaban J connectivity index is 1.94. The molecule has 0 aromatic heterocycles. The standard InChI is InChI=1S/C15H17F2NO2/c16-12-5-4-11(8-13(12)17)18-14-3-1-2-10-9-20-7-6-15(10,14)19/h4-5,8,10,19H,1-3,6-7,9H2/t10?,15-/m1/s1. The van der Waals surface area contributed by atoms with Gasteiger partial charge in [0.15, 0.2) is 11.6 Å². The van der Waals surface area contributed by atoms with Crippen molar-refractivity contribution in [1.82, 2.24) is 0 Å². The van der Waals surface area contributed by atoms with Gasteiger partial charge in [-0.05, 0) is 31.4 Å². The van der Waals surface area contributed by atoms with Crippen molar-refractivity contribution in [2.45, 2.75) is 31.3 Å². The van der Waals surface area contributed by atoms with Gasteiger partial charge in [-0.3, -0.25) is 4.99 Å². The third-order valence-corrected chi connectivity index (χ3v) is 4.26. The maximum atomic E-state index is 13.2. The fraction of sp³-hybridized carbons (Fsp3) is 0.533. The molecule has 0 spiro atoms. The molecule has 1 aliphatic carbocycles.